The standard InChI is InChI=1S/C40H47N3O7/c1-27-18-33(23-43(3)15-14-42-13-12-35(45)36(46)24-44)39(49-25-30-7-4-6-29(19-30)22-41)21-38(27)50-26-32-8-5-9-34(28(32)2)31-10-11-37-40(20-31)48-17-16-47-37/h4-11,18-21,35-36,42,44-46H,12-17,23-26H2,1-3H3/t35-,36+/m0/s1. The van der Waals surface area contributed by atoms with Crippen LogP contribution in [-0.2, 0) is 19.8 Å². The minimum absolute atomic E-state index is 0.301. The van der Waals surface area contributed by atoms with E-state index in [-0.39, 0.29) is 0 Å². The third kappa shape index (κ3) is 9.75. The molecule has 10 nitrogen and oxygen atoms in total. The summed E-state index contributed by atoms with van der Waals surface area (Å²) in [6.45, 7) is 8.01. The smallest absolute Gasteiger partial charge is 0.161 e. The molecule has 1 heterocycles. The van der Waals surface area contributed by atoms with Crippen LogP contribution in [0, 0.1) is 25.2 Å². The molecule has 0 saturated carbocycles. The highest BCUT2D eigenvalue weighted by atomic mass is 16.6. The van der Waals surface area contributed by atoms with Crippen molar-refractivity contribution in [2.24, 2.45) is 0 Å². The quantitative estimate of drug-likeness (QED) is 0.114. The zero-order valence-electron chi connectivity index (χ0n) is 29.0. The van der Waals surface area contributed by atoms with Gasteiger partial charge < -0.3 is 44.5 Å². The molecule has 0 spiro atoms. The van der Waals surface area contributed by atoms with E-state index in [1.54, 1.807) is 6.07 Å². The molecule has 0 unspecified atom stereocenters. The predicted molar refractivity (Wildman–Crippen MR) is 192 cm³/mol. The van der Waals surface area contributed by atoms with Crippen molar-refractivity contribution in [3.8, 4) is 40.2 Å². The topological polar surface area (TPSA) is 137 Å². The molecular formula is C40H47N3O7. The molecule has 4 aromatic carbocycles. The summed E-state index contributed by atoms with van der Waals surface area (Å²) in [4.78, 5) is 2.18. The van der Waals surface area contributed by atoms with Crippen molar-refractivity contribution in [2.45, 2.75) is 52.2 Å². The second-order valence-corrected chi connectivity index (χ2v) is 12.7. The van der Waals surface area contributed by atoms with Crippen LogP contribution in [0.3, 0.4) is 0 Å². The molecule has 5 rings (SSSR count). The lowest BCUT2D eigenvalue weighted by atomic mass is 9.96. The maximum absolute atomic E-state index is 9.87. The molecule has 264 valence electrons. The molecule has 50 heavy (non-hydrogen) atoms. The van der Waals surface area contributed by atoms with Crippen LogP contribution < -0.4 is 24.3 Å². The lowest BCUT2D eigenvalue weighted by Crippen LogP contribution is -2.34. The summed E-state index contributed by atoms with van der Waals surface area (Å²) >= 11 is 0. The average molecular weight is 682 g/mol. The second-order valence-electron chi connectivity index (χ2n) is 12.7. The van der Waals surface area contributed by atoms with Crippen LogP contribution >= 0.6 is 0 Å². The fourth-order valence-electron chi connectivity index (χ4n) is 5.88. The molecule has 1 aliphatic heterocycles. The highest BCUT2D eigenvalue weighted by molar-refractivity contribution is 5.71. The van der Waals surface area contributed by atoms with E-state index in [9.17, 15) is 15.5 Å². The number of benzene rings is 4. The second kappa shape index (κ2) is 17.9. The summed E-state index contributed by atoms with van der Waals surface area (Å²) in [5.74, 6) is 2.96. The molecule has 4 N–H and O–H groups in total. The number of nitrogens with zero attached hydrogens (tertiary/aromatic N) is 2. The number of likely N-dealkylation sites (N-methyl/N-ethyl adjacent to an activating group) is 1. The predicted octanol–water partition coefficient (Wildman–Crippen LogP) is 4.90. The van der Waals surface area contributed by atoms with E-state index in [1.807, 2.05) is 56.4 Å². The average Bonchev–Trinajstić information content (AvgIpc) is 3.13. The molecule has 0 fully saturated rings. The maximum atomic E-state index is 9.87. The Morgan fingerprint density at radius 1 is 0.860 bits per heavy atom. The van der Waals surface area contributed by atoms with E-state index in [4.69, 9.17) is 24.1 Å². The lowest BCUT2D eigenvalue weighted by Gasteiger charge is -2.22. The van der Waals surface area contributed by atoms with Gasteiger partial charge in [-0.25, -0.2) is 0 Å². The summed E-state index contributed by atoms with van der Waals surface area (Å²) in [7, 11) is 2.03. The summed E-state index contributed by atoms with van der Waals surface area (Å²) in [5, 5.41) is 41.1. The normalized spacial score (nSPS) is 13.5. The molecule has 0 amide bonds. The summed E-state index contributed by atoms with van der Waals surface area (Å²) < 4.78 is 24.4. The first-order valence-electron chi connectivity index (χ1n) is 17.0. The Morgan fingerprint density at radius 2 is 1.64 bits per heavy atom. The van der Waals surface area contributed by atoms with Crippen LogP contribution in [-0.4, -0.2) is 78.9 Å². The Balaban J connectivity index is 1.29. The number of aliphatic hydroxyl groups excluding tert-OH is 3. The number of nitrogens with one attached hydrogen (secondary N) is 1. The van der Waals surface area contributed by atoms with Gasteiger partial charge >= 0.3 is 0 Å². The third-order valence-electron chi connectivity index (χ3n) is 8.85. The summed E-state index contributed by atoms with van der Waals surface area (Å²) in [6.07, 6.45) is -1.75. The van der Waals surface area contributed by atoms with Crippen LogP contribution in [0.15, 0.2) is 72.8 Å². The van der Waals surface area contributed by atoms with Crippen molar-refractivity contribution in [3.05, 3.63) is 106 Å². The van der Waals surface area contributed by atoms with Gasteiger partial charge in [0, 0.05) is 31.3 Å². The molecule has 0 bridgehead atoms. The SMILES string of the molecule is Cc1cc(CN(C)CCNCC[C@H](O)[C@H](O)CO)c(OCc2cccc(C#N)c2)cc1OCc1cccc(-c2ccc3c(c2)OCCO3)c1C. The Morgan fingerprint density at radius 3 is 2.44 bits per heavy atom. The number of ether oxygens (including phenoxy) is 4. The van der Waals surface area contributed by atoms with Crippen LogP contribution in [0.2, 0.25) is 0 Å². The molecule has 0 aliphatic carbocycles. The van der Waals surface area contributed by atoms with Gasteiger partial charge in [0.05, 0.1) is 24.3 Å². The van der Waals surface area contributed by atoms with E-state index >= 15 is 0 Å². The van der Waals surface area contributed by atoms with Gasteiger partial charge in [0.2, 0.25) is 0 Å². The summed E-state index contributed by atoms with van der Waals surface area (Å²) in [6, 6.07) is 25.9. The van der Waals surface area contributed by atoms with Gasteiger partial charge in [-0.2, -0.15) is 5.26 Å². The first-order chi connectivity index (χ1) is 24.2. The van der Waals surface area contributed by atoms with Crippen LogP contribution in [0.1, 0.15) is 39.8 Å². The fourth-order valence-corrected chi connectivity index (χ4v) is 5.88. The Labute approximate surface area is 294 Å². The van der Waals surface area contributed by atoms with Crippen molar-refractivity contribution >= 4 is 0 Å². The first-order valence-corrected chi connectivity index (χ1v) is 17.0. The molecule has 2 atom stereocenters. The highest BCUT2D eigenvalue weighted by Gasteiger charge is 2.17. The van der Waals surface area contributed by atoms with Crippen LogP contribution in [0.25, 0.3) is 11.1 Å². The van der Waals surface area contributed by atoms with Crippen molar-refractivity contribution < 1.29 is 34.3 Å². The zero-order valence-corrected chi connectivity index (χ0v) is 29.0. The van der Waals surface area contributed by atoms with E-state index in [1.165, 1.54) is 0 Å². The van der Waals surface area contributed by atoms with Gasteiger partial charge in [-0.15, -0.1) is 0 Å². The third-order valence-corrected chi connectivity index (χ3v) is 8.85. The highest BCUT2D eigenvalue weighted by Crippen LogP contribution is 2.37. The maximum Gasteiger partial charge on any atom is 0.161 e. The van der Waals surface area contributed by atoms with Gasteiger partial charge in [-0.05, 0) is 97.6 Å². The number of fused-ring (bicyclic) bond motifs is 1. The van der Waals surface area contributed by atoms with Crippen molar-refractivity contribution in [1.82, 2.24) is 10.2 Å². The van der Waals surface area contributed by atoms with Gasteiger partial charge in [-0.1, -0.05) is 36.4 Å². The minimum atomic E-state index is -1.13. The largest absolute Gasteiger partial charge is 0.488 e. The fraction of sp³-hybridized carbons (Fsp3) is 0.375. The summed E-state index contributed by atoms with van der Waals surface area (Å²) in [5.41, 5.74) is 7.84. The number of hydrogen-bond acceptors (Lipinski definition) is 10. The number of aliphatic hydroxyl groups is 3. The number of aryl methyl sites for hydroxylation is 1. The monoisotopic (exact) mass is 681 g/mol. The first kappa shape index (κ1) is 36.6. The molecular weight excluding hydrogens is 634 g/mol. The Hall–Kier alpha value is -4.63. The van der Waals surface area contributed by atoms with Crippen molar-refractivity contribution in [2.75, 3.05) is 46.5 Å². The minimum Gasteiger partial charge on any atom is -0.488 e. The molecule has 1 aliphatic rings. The molecule has 4 aromatic rings. The number of rotatable bonds is 17. The van der Waals surface area contributed by atoms with Crippen molar-refractivity contribution in [1.29, 1.82) is 5.26 Å². The van der Waals surface area contributed by atoms with Gasteiger partial charge in [-0.3, -0.25) is 0 Å². The van der Waals surface area contributed by atoms with Crippen molar-refractivity contribution in [3.63, 3.8) is 0 Å². The molecule has 0 saturated heterocycles. The van der Waals surface area contributed by atoms with Gasteiger partial charge in [0.25, 0.3) is 0 Å². The lowest BCUT2D eigenvalue weighted by molar-refractivity contribution is -0.0171. The van der Waals surface area contributed by atoms with Crippen LogP contribution in [0.4, 0.5) is 0 Å². The Bertz CT molecular complexity index is 1770. The van der Waals surface area contributed by atoms with E-state index in [0.717, 1.165) is 62.7 Å². The zero-order chi connectivity index (χ0) is 35.5. The van der Waals surface area contributed by atoms with E-state index in [0.29, 0.717) is 63.8 Å². The van der Waals surface area contributed by atoms with Crippen LogP contribution in [0.5, 0.6) is 23.0 Å². The molecule has 10 heteroatoms. The molecule has 0 radical (unpaired) electrons. The number of hydrogen-bond donors (Lipinski definition) is 4. The van der Waals surface area contributed by atoms with E-state index in [2.05, 4.69) is 47.5 Å². The Kier molecular flexibility index (Phi) is 13.1. The molecule has 0 aromatic heterocycles. The van der Waals surface area contributed by atoms with Gasteiger partial charge in [0.15, 0.2) is 11.5 Å². The van der Waals surface area contributed by atoms with E-state index < -0.39 is 18.8 Å². The van der Waals surface area contributed by atoms with Gasteiger partial charge in [0.1, 0.15) is 44.0 Å². The number of nitriles is 1.